The first-order valence-corrected chi connectivity index (χ1v) is 12.6. The molecule has 2 aromatic rings. The summed E-state index contributed by atoms with van der Waals surface area (Å²) in [4.78, 5) is 24.2. The number of carbonyl (C=O) groups excluding carboxylic acids is 2. The molecule has 0 aliphatic carbocycles. The van der Waals surface area contributed by atoms with Crippen LogP contribution < -0.4 is 0 Å². The summed E-state index contributed by atoms with van der Waals surface area (Å²) in [6.45, 7) is 2.09. The minimum absolute atomic E-state index is 0.0219. The van der Waals surface area contributed by atoms with Gasteiger partial charge in [-0.2, -0.15) is 0 Å². The molecular weight excluding hydrogens is 488 g/mol. The number of aliphatic hydroxyl groups excluding tert-OH is 1. The number of carbonyl (C=O) groups is 2. The molecule has 0 aromatic heterocycles. The van der Waals surface area contributed by atoms with Gasteiger partial charge in [0.15, 0.2) is 0 Å². The molecule has 3 rings (SSSR count). The number of ether oxygens (including phenoxy) is 2. The number of phenols is 3. The molecule has 38 heavy (non-hydrogen) atoms. The molecule has 202 valence electrons. The Morgan fingerprint density at radius 3 is 2.55 bits per heavy atom. The summed E-state index contributed by atoms with van der Waals surface area (Å²) in [5.74, 6) is -0.747. The number of benzene rings is 2. The topological polar surface area (TPSA) is 134 Å². The zero-order chi connectivity index (χ0) is 27.5. The molecule has 4 N–H and O–H groups in total. The van der Waals surface area contributed by atoms with E-state index < -0.39 is 18.0 Å². The average molecular weight is 523 g/mol. The molecule has 8 heteroatoms. The van der Waals surface area contributed by atoms with Crippen LogP contribution in [-0.4, -0.2) is 45.6 Å². The Balaban J connectivity index is 1.38. The molecule has 0 saturated heterocycles. The first-order chi connectivity index (χ1) is 18.2. The molecule has 0 amide bonds. The zero-order valence-corrected chi connectivity index (χ0v) is 21.4. The third-order valence-electron chi connectivity index (χ3n) is 6.30. The van der Waals surface area contributed by atoms with Crippen LogP contribution in [0.25, 0.3) is 6.08 Å². The molecule has 2 atom stereocenters. The SMILES string of the molecule is C/C(=C\CCC(CO)CCCC1=C[C@H](c2cc(O)ccc2O)OC1=O)COC(=O)/C=C/c1ccc(O)cc1. The molecule has 1 unspecified atom stereocenters. The van der Waals surface area contributed by atoms with Crippen LogP contribution in [0.5, 0.6) is 17.2 Å². The minimum Gasteiger partial charge on any atom is -0.508 e. The quantitative estimate of drug-likeness (QED) is 0.124. The van der Waals surface area contributed by atoms with Gasteiger partial charge in [-0.3, -0.25) is 0 Å². The molecule has 1 heterocycles. The first kappa shape index (κ1) is 28.5. The van der Waals surface area contributed by atoms with Crippen molar-refractivity contribution in [3.63, 3.8) is 0 Å². The maximum absolute atomic E-state index is 12.2. The lowest BCUT2D eigenvalue weighted by molar-refractivity contribution is -0.140. The second-order valence-electron chi connectivity index (χ2n) is 9.36. The van der Waals surface area contributed by atoms with Gasteiger partial charge >= 0.3 is 11.9 Å². The number of hydrogen-bond acceptors (Lipinski definition) is 8. The molecule has 1 aliphatic heterocycles. The maximum Gasteiger partial charge on any atom is 0.334 e. The van der Waals surface area contributed by atoms with E-state index in [0.717, 1.165) is 30.4 Å². The third kappa shape index (κ3) is 8.81. The van der Waals surface area contributed by atoms with Crippen molar-refractivity contribution in [1.29, 1.82) is 0 Å². The van der Waals surface area contributed by atoms with Gasteiger partial charge in [0, 0.05) is 23.8 Å². The van der Waals surface area contributed by atoms with Crippen LogP contribution in [0.15, 0.2) is 71.8 Å². The average Bonchev–Trinajstić information content (AvgIpc) is 3.27. The van der Waals surface area contributed by atoms with Crippen LogP contribution >= 0.6 is 0 Å². The highest BCUT2D eigenvalue weighted by molar-refractivity contribution is 5.91. The number of cyclic esters (lactones) is 1. The van der Waals surface area contributed by atoms with Crippen molar-refractivity contribution in [1.82, 2.24) is 0 Å². The fourth-order valence-corrected chi connectivity index (χ4v) is 4.10. The Hall–Kier alpha value is -4.04. The standard InChI is InChI=1S/C30H34O8/c1-20(19-37-29(35)15-10-21-8-11-24(32)12-9-21)4-2-5-22(18-31)6-3-7-23-16-28(38-30(23)36)26-17-25(33)13-14-27(26)34/h4,8-17,22,28,31-34H,2-3,5-7,18-19H2,1H3/b15-10+,20-4+/t22?,28-/m1/s1. The van der Waals surface area contributed by atoms with E-state index in [2.05, 4.69) is 0 Å². The van der Waals surface area contributed by atoms with Crippen LogP contribution in [0.2, 0.25) is 0 Å². The number of rotatable bonds is 13. The second kappa shape index (κ2) is 14.0. The van der Waals surface area contributed by atoms with E-state index in [1.54, 1.807) is 24.3 Å². The van der Waals surface area contributed by atoms with Crippen molar-refractivity contribution in [2.45, 2.75) is 45.1 Å². The van der Waals surface area contributed by atoms with Crippen molar-refractivity contribution < 1.29 is 39.5 Å². The van der Waals surface area contributed by atoms with Crippen LogP contribution in [0.4, 0.5) is 0 Å². The summed E-state index contributed by atoms with van der Waals surface area (Å²) >= 11 is 0. The predicted octanol–water partition coefficient (Wildman–Crippen LogP) is 5.09. The number of aromatic hydroxyl groups is 3. The lowest BCUT2D eigenvalue weighted by Gasteiger charge is -2.13. The van der Waals surface area contributed by atoms with Crippen molar-refractivity contribution in [3.05, 3.63) is 83.0 Å². The van der Waals surface area contributed by atoms with Gasteiger partial charge < -0.3 is 29.9 Å². The highest BCUT2D eigenvalue weighted by atomic mass is 16.5. The van der Waals surface area contributed by atoms with Crippen LogP contribution in [0.1, 0.15) is 56.3 Å². The first-order valence-electron chi connectivity index (χ1n) is 12.6. The van der Waals surface area contributed by atoms with E-state index in [1.165, 1.54) is 36.4 Å². The van der Waals surface area contributed by atoms with Crippen LogP contribution in [0.3, 0.4) is 0 Å². The summed E-state index contributed by atoms with van der Waals surface area (Å²) in [6.07, 6.45) is 9.27. The highest BCUT2D eigenvalue weighted by Crippen LogP contribution is 2.36. The number of phenolic OH excluding ortho intramolecular Hbond substituents is 3. The number of aliphatic hydroxyl groups is 1. The van der Waals surface area contributed by atoms with Crippen molar-refractivity contribution in [2.24, 2.45) is 5.92 Å². The normalized spacial score (nSPS) is 16.4. The van der Waals surface area contributed by atoms with Gasteiger partial charge in [-0.15, -0.1) is 0 Å². The van der Waals surface area contributed by atoms with Crippen molar-refractivity contribution >= 4 is 18.0 Å². The van der Waals surface area contributed by atoms with Gasteiger partial charge in [0.2, 0.25) is 0 Å². The van der Waals surface area contributed by atoms with Gasteiger partial charge in [0.05, 0.1) is 0 Å². The van der Waals surface area contributed by atoms with Gasteiger partial charge in [-0.1, -0.05) is 18.2 Å². The van der Waals surface area contributed by atoms with E-state index in [4.69, 9.17) is 9.47 Å². The fourth-order valence-electron chi connectivity index (χ4n) is 4.10. The summed E-state index contributed by atoms with van der Waals surface area (Å²) < 4.78 is 10.6. The van der Waals surface area contributed by atoms with Crippen LogP contribution in [0, 0.1) is 5.92 Å². The molecule has 8 nitrogen and oxygen atoms in total. The molecule has 0 fully saturated rings. The van der Waals surface area contributed by atoms with E-state index >= 15 is 0 Å². The smallest absolute Gasteiger partial charge is 0.334 e. The molecule has 0 spiro atoms. The lowest BCUT2D eigenvalue weighted by Crippen LogP contribution is -2.07. The number of hydrogen-bond donors (Lipinski definition) is 4. The molecule has 0 radical (unpaired) electrons. The Bertz CT molecular complexity index is 1190. The zero-order valence-electron chi connectivity index (χ0n) is 21.4. The largest absolute Gasteiger partial charge is 0.508 e. The summed E-state index contributed by atoms with van der Waals surface area (Å²) in [5, 5.41) is 38.7. The lowest BCUT2D eigenvalue weighted by atomic mass is 9.95. The van der Waals surface area contributed by atoms with Crippen molar-refractivity contribution in [2.75, 3.05) is 13.2 Å². The van der Waals surface area contributed by atoms with Gasteiger partial charge in [-0.25, -0.2) is 9.59 Å². The third-order valence-corrected chi connectivity index (χ3v) is 6.30. The Morgan fingerprint density at radius 2 is 1.82 bits per heavy atom. The van der Waals surface area contributed by atoms with Crippen LogP contribution in [-0.2, 0) is 19.1 Å². The van der Waals surface area contributed by atoms with Gasteiger partial charge in [-0.05, 0) is 98.6 Å². The second-order valence-corrected chi connectivity index (χ2v) is 9.36. The molecule has 0 saturated carbocycles. The predicted molar refractivity (Wildman–Crippen MR) is 142 cm³/mol. The van der Waals surface area contributed by atoms with E-state index in [9.17, 15) is 30.0 Å². The maximum atomic E-state index is 12.2. The molecule has 2 aromatic carbocycles. The molecule has 1 aliphatic rings. The highest BCUT2D eigenvalue weighted by Gasteiger charge is 2.28. The summed E-state index contributed by atoms with van der Waals surface area (Å²) in [5.41, 5.74) is 2.54. The Labute approximate surface area is 222 Å². The summed E-state index contributed by atoms with van der Waals surface area (Å²) in [6, 6.07) is 10.6. The van der Waals surface area contributed by atoms with E-state index in [1.807, 2.05) is 13.0 Å². The minimum atomic E-state index is -0.733. The molecular formula is C30H34O8. The Kier molecular flexibility index (Phi) is 10.5. The number of esters is 2. The van der Waals surface area contributed by atoms with Gasteiger partial charge in [0.1, 0.15) is 30.0 Å². The van der Waals surface area contributed by atoms with Crippen molar-refractivity contribution in [3.8, 4) is 17.2 Å². The molecule has 0 bridgehead atoms. The monoisotopic (exact) mass is 522 g/mol. The van der Waals surface area contributed by atoms with E-state index in [0.29, 0.717) is 24.0 Å². The van der Waals surface area contributed by atoms with Gasteiger partial charge in [0.25, 0.3) is 0 Å². The van der Waals surface area contributed by atoms with E-state index in [-0.39, 0.29) is 36.4 Å². The summed E-state index contributed by atoms with van der Waals surface area (Å²) in [7, 11) is 0. The fraction of sp³-hybridized carbons (Fsp3) is 0.333. The number of allylic oxidation sites excluding steroid dienone is 1. The Morgan fingerprint density at radius 1 is 1.08 bits per heavy atom.